The van der Waals surface area contributed by atoms with Gasteiger partial charge in [0.25, 0.3) is 0 Å². The van der Waals surface area contributed by atoms with Crippen LogP contribution in [0.15, 0.2) is 134 Å². The average Bonchev–Trinajstić information content (AvgIpc) is 4.03. The molecule has 8 rings (SSSR count). The first kappa shape index (κ1) is 66.7. The molecule has 0 saturated carbocycles. The summed E-state index contributed by atoms with van der Waals surface area (Å²) >= 11 is 0. The number of aromatic amines is 2. The van der Waals surface area contributed by atoms with Crippen molar-refractivity contribution in [3.63, 3.8) is 0 Å². The number of pyridine rings is 4. The van der Waals surface area contributed by atoms with Crippen LogP contribution in [-0.4, -0.2) is 102 Å². The van der Waals surface area contributed by atoms with Gasteiger partial charge in [-0.1, -0.05) is 48.5 Å². The zero-order valence-corrected chi connectivity index (χ0v) is 41.6. The number of aliphatic hydroxyl groups excluding tert-OH is 2. The van der Waals surface area contributed by atoms with Crippen molar-refractivity contribution in [2.45, 2.75) is 25.9 Å². The third kappa shape index (κ3) is 21.8. The second-order valence-corrected chi connectivity index (χ2v) is 13.6. The molecular weight excluding hydrogens is 1090 g/mol. The van der Waals surface area contributed by atoms with Crippen LogP contribution in [-0.2, 0) is 47.2 Å². The minimum atomic E-state index is -1.52. The Hall–Kier alpha value is -9.30. The van der Waals surface area contributed by atoms with Gasteiger partial charge >= 0.3 is 34.1 Å². The number of nitrogens with one attached hydrogen (secondary N) is 2. The van der Waals surface area contributed by atoms with Crippen molar-refractivity contribution in [1.29, 1.82) is 0 Å². The van der Waals surface area contributed by atoms with E-state index in [2.05, 4.69) is 100 Å². The van der Waals surface area contributed by atoms with Crippen LogP contribution in [0.4, 0.5) is 0 Å². The maximum Gasteiger partial charge on any atom is 3.00 e. The molecule has 0 aliphatic carbocycles. The first-order valence-electron chi connectivity index (χ1n) is 20.8. The molecule has 0 atom stereocenters. The molecule has 396 valence electrons. The van der Waals surface area contributed by atoms with Crippen molar-refractivity contribution in [3.8, 4) is 0 Å². The molecule has 28 heteroatoms. The van der Waals surface area contributed by atoms with Gasteiger partial charge in [0.15, 0.2) is 22.1 Å². The number of aryl methyl sites for hydroxylation is 2. The number of hydrogen-bond donors (Lipinski definition) is 4. The summed E-state index contributed by atoms with van der Waals surface area (Å²) in [4.78, 5) is 101. The molecule has 6 heterocycles. The van der Waals surface area contributed by atoms with E-state index >= 15 is 0 Å². The third-order valence-corrected chi connectivity index (χ3v) is 8.90. The van der Waals surface area contributed by atoms with Crippen LogP contribution < -0.4 is 50.0 Å². The van der Waals surface area contributed by atoms with Crippen molar-refractivity contribution in [2.75, 3.05) is 14.2 Å². The number of hydrogen-bond acceptors (Lipinski definition) is 22. The first-order valence-corrected chi connectivity index (χ1v) is 20.8. The van der Waals surface area contributed by atoms with Crippen LogP contribution in [0.25, 0.3) is 22.1 Å². The molecule has 0 spiro atoms. The number of unbranched alkanes of at least 4 members (excludes halogenated alkanes) is 1. The standard InChI is InChI=1S/C18H18N4.4C7H5NO4.2CH4O.2Fe/c1-3-9-17-15(7-1)19-13-21(17)11-5-6-12-22-14-20-16-8-2-4-10-18(16)22;4*9-6(10)4-2-1-3-5(8-4)7(11)12;2*1-2;;/h1-4,7-10,13-14H,5-6,11-12H2;4*1-3H,(H,9,10)(H,11,12);2*2H,1H3;;/q;;;;;;;2*+3/p-6. The van der Waals surface area contributed by atoms with Crippen LogP contribution in [0.2, 0.25) is 0 Å². The molecule has 0 aliphatic heterocycles. The van der Waals surface area contributed by atoms with Crippen molar-refractivity contribution < 1.29 is 133 Å². The largest absolute Gasteiger partial charge is 3.00 e. The summed E-state index contributed by atoms with van der Waals surface area (Å²) in [5, 5.41) is 95.5. The number of carbonyl (C=O) groups excluding carboxylic acids is 8. The van der Waals surface area contributed by atoms with E-state index in [1.807, 2.05) is 0 Å². The van der Waals surface area contributed by atoms with E-state index in [0.717, 1.165) is 75.8 Å². The number of carboxylic acids is 8. The topological polar surface area (TPSA) is 452 Å². The summed E-state index contributed by atoms with van der Waals surface area (Å²) in [5.41, 5.74) is 1.61. The Morgan fingerprint density at radius 3 is 0.750 bits per heavy atom. The summed E-state index contributed by atoms with van der Waals surface area (Å²) in [6, 6.07) is 31.0. The molecule has 2 aromatic carbocycles. The van der Waals surface area contributed by atoms with Gasteiger partial charge in [0, 0.05) is 14.2 Å². The van der Waals surface area contributed by atoms with Crippen LogP contribution >= 0.6 is 0 Å². The fourth-order valence-electron chi connectivity index (χ4n) is 5.71. The Morgan fingerprint density at radius 1 is 0.355 bits per heavy atom. The molecule has 4 N–H and O–H groups in total. The van der Waals surface area contributed by atoms with E-state index in [0.29, 0.717) is 0 Å². The number of H-pyrrole nitrogens is 2. The monoisotopic (exact) mass is 1130 g/mol. The minimum absolute atomic E-state index is 0. The summed E-state index contributed by atoms with van der Waals surface area (Å²) in [6.07, 6.45) is 6.48. The number of carbonyl (C=O) groups is 8. The Balaban J connectivity index is 0.000000930. The second-order valence-electron chi connectivity index (χ2n) is 13.6. The van der Waals surface area contributed by atoms with Gasteiger partial charge in [-0.3, -0.25) is 0 Å². The van der Waals surface area contributed by atoms with E-state index in [4.69, 9.17) is 10.2 Å². The molecule has 2 radical (unpaired) electrons. The maximum absolute atomic E-state index is 10.2. The van der Waals surface area contributed by atoms with Crippen LogP contribution in [0.5, 0.6) is 0 Å². The zero-order chi connectivity index (χ0) is 55.3. The number of aromatic nitrogens is 8. The normalized spacial score (nSPS) is 9.37. The molecule has 0 fully saturated rings. The zero-order valence-electron chi connectivity index (χ0n) is 39.3. The van der Waals surface area contributed by atoms with E-state index in [1.165, 1.54) is 59.2 Å². The van der Waals surface area contributed by atoms with Gasteiger partial charge in [0.2, 0.25) is 12.7 Å². The number of fused-ring (bicyclic) bond motifs is 2. The molecule has 6 aromatic heterocycles. The van der Waals surface area contributed by atoms with Crippen molar-refractivity contribution >= 4 is 69.8 Å². The summed E-state index contributed by atoms with van der Waals surface area (Å²) in [6.45, 7) is 2.10. The number of nitrogens with zero attached hydrogens (tertiary/aromatic N) is 6. The Labute approximate surface area is 450 Å². The molecule has 0 aliphatic rings. The number of carboxylic acid groups (broad SMARTS) is 8. The number of rotatable bonds is 13. The fraction of sp³-hybridized carbons (Fsp3) is 0.125. The van der Waals surface area contributed by atoms with E-state index in [1.54, 1.807) is 0 Å². The number of imidazole rings is 2. The van der Waals surface area contributed by atoms with Gasteiger partial charge in [-0.15, -0.1) is 0 Å². The Morgan fingerprint density at radius 2 is 0.553 bits per heavy atom. The van der Waals surface area contributed by atoms with Gasteiger partial charge in [0.1, 0.15) is 0 Å². The molecule has 26 nitrogen and oxygen atoms in total. The number of aromatic carboxylic acids is 8. The predicted octanol–water partition coefficient (Wildman–Crippen LogP) is -6.85. The number of para-hydroxylation sites is 4. The smallest absolute Gasteiger partial charge is 0.543 e. The first-order chi connectivity index (χ1) is 35.4. The fourth-order valence-corrected chi connectivity index (χ4v) is 5.71. The number of aliphatic hydroxyl groups is 2. The number of benzene rings is 2. The molecule has 0 amide bonds. The van der Waals surface area contributed by atoms with E-state index < -0.39 is 93.3 Å². The summed E-state index contributed by atoms with van der Waals surface area (Å²) in [7, 11) is 2.00. The van der Waals surface area contributed by atoms with Gasteiger partial charge in [0.05, 0.1) is 106 Å². The van der Waals surface area contributed by atoms with Crippen LogP contribution in [0.3, 0.4) is 0 Å². The van der Waals surface area contributed by atoms with Gasteiger partial charge in [-0.25, -0.2) is 39.0 Å². The Kier molecular flexibility index (Phi) is 30.7. The van der Waals surface area contributed by atoms with Crippen molar-refractivity contribution in [2.24, 2.45) is 0 Å². The quantitative estimate of drug-likeness (QED) is 0.0473. The third-order valence-electron chi connectivity index (χ3n) is 8.90. The van der Waals surface area contributed by atoms with Gasteiger partial charge < -0.3 is 89.4 Å². The predicted molar refractivity (Wildman–Crippen MR) is 234 cm³/mol. The van der Waals surface area contributed by atoms with Crippen molar-refractivity contribution in [1.82, 2.24) is 29.9 Å². The van der Waals surface area contributed by atoms with Crippen molar-refractivity contribution in [3.05, 3.63) is 180 Å². The minimum Gasteiger partial charge on any atom is -0.543 e. The van der Waals surface area contributed by atoms with Crippen LogP contribution in [0.1, 0.15) is 96.7 Å². The summed E-state index contributed by atoms with van der Waals surface area (Å²) < 4.78 is 4.60. The second kappa shape index (κ2) is 35.0. The average molecular weight is 1130 g/mol. The Bertz CT molecular complexity index is 2740. The molecular formula is C48H40Fe2N8O18. The molecule has 8 aromatic rings. The molecule has 0 bridgehead atoms. The maximum atomic E-state index is 10.2. The SMILES string of the molecule is CO.CO.O=C([O-])c1cccc(C(=O)[O-])n1.O=C([O-])c1cccc(C(=O)[O-])n1.O=C([O-])c1cccc(C(=O)[O-])n1.O=C([O-])c1cccc(C(=O)[O-])n1.[Fe+3].[Fe+3].c1ccc2c(c1)[nH]c[n+]2CCCC[n+]1c[nH]c2ccccc21. The van der Waals surface area contributed by atoms with Gasteiger partial charge in [-0.2, -0.15) is 0 Å². The van der Waals surface area contributed by atoms with Gasteiger partial charge in [-0.05, 0) is 85.6 Å². The van der Waals surface area contributed by atoms with E-state index in [9.17, 15) is 79.2 Å². The summed E-state index contributed by atoms with van der Waals surface area (Å²) in [5.74, 6) is -12.1. The van der Waals surface area contributed by atoms with Crippen LogP contribution in [0, 0.1) is 0 Å². The molecule has 0 unspecified atom stereocenters. The molecule has 0 saturated heterocycles. The van der Waals surface area contributed by atoms with E-state index in [-0.39, 0.29) is 34.1 Å². The molecule has 76 heavy (non-hydrogen) atoms.